The summed E-state index contributed by atoms with van der Waals surface area (Å²) in [5.74, 6) is -2.41. The van der Waals surface area contributed by atoms with Gasteiger partial charge in [0.1, 0.15) is 18.5 Å². The molecule has 11 nitrogen and oxygen atoms in total. The molecule has 0 unspecified atom stereocenters. The Labute approximate surface area is 213 Å². The van der Waals surface area contributed by atoms with Crippen LogP contribution in [0, 0.1) is 0 Å². The molecule has 3 rings (SSSR count). The van der Waals surface area contributed by atoms with E-state index in [1.54, 1.807) is 24.3 Å². The van der Waals surface area contributed by atoms with Crippen molar-refractivity contribution in [3.05, 3.63) is 48.5 Å². The molecule has 198 valence electrons. The highest BCUT2D eigenvalue weighted by Crippen LogP contribution is 2.35. The number of hydrogen-bond acceptors (Lipinski definition) is 11. The summed E-state index contributed by atoms with van der Waals surface area (Å²) in [6.45, 7) is 4.32. The highest BCUT2D eigenvalue weighted by Gasteiger charge is 2.53. The third-order valence-corrected chi connectivity index (χ3v) is 5.30. The fraction of sp³-hybridized carbons (Fsp3) is 0.385. The fourth-order valence-electron chi connectivity index (χ4n) is 3.88. The van der Waals surface area contributed by atoms with E-state index in [9.17, 15) is 19.2 Å². The van der Waals surface area contributed by atoms with Gasteiger partial charge < -0.3 is 34.2 Å². The van der Waals surface area contributed by atoms with Gasteiger partial charge in [0.05, 0.1) is 0 Å². The Hall–Kier alpha value is -4.12. The van der Waals surface area contributed by atoms with Gasteiger partial charge in [0, 0.05) is 38.9 Å². The van der Waals surface area contributed by atoms with E-state index in [0.29, 0.717) is 17.0 Å². The molecule has 1 saturated heterocycles. The second-order valence-electron chi connectivity index (χ2n) is 8.30. The topological polar surface area (TPSA) is 150 Å². The van der Waals surface area contributed by atoms with Gasteiger partial charge in [-0.15, -0.1) is 0 Å². The van der Waals surface area contributed by atoms with Gasteiger partial charge in [-0.3, -0.25) is 19.2 Å². The molecule has 0 saturated carbocycles. The van der Waals surface area contributed by atoms with E-state index in [1.165, 1.54) is 6.92 Å². The number of ether oxygens (including phenoxy) is 6. The van der Waals surface area contributed by atoms with Crippen molar-refractivity contribution in [2.75, 3.05) is 12.3 Å². The molecular weight excluding hydrogens is 486 g/mol. The number of anilines is 1. The minimum Gasteiger partial charge on any atom is -0.463 e. The van der Waals surface area contributed by atoms with E-state index in [1.807, 2.05) is 24.3 Å². The molecule has 2 N–H and O–H groups in total. The third-order valence-electron chi connectivity index (χ3n) is 5.30. The average molecular weight is 516 g/mol. The van der Waals surface area contributed by atoms with Gasteiger partial charge in [-0.05, 0) is 23.8 Å². The van der Waals surface area contributed by atoms with Gasteiger partial charge >= 0.3 is 23.9 Å². The zero-order valence-electron chi connectivity index (χ0n) is 20.9. The van der Waals surface area contributed by atoms with Crippen LogP contribution in [-0.4, -0.2) is 61.2 Å². The van der Waals surface area contributed by atoms with E-state index in [0.717, 1.165) is 26.3 Å². The van der Waals surface area contributed by atoms with Crippen molar-refractivity contribution in [2.45, 2.75) is 58.4 Å². The molecule has 2 aromatic rings. The van der Waals surface area contributed by atoms with Crippen LogP contribution in [0.25, 0.3) is 11.1 Å². The summed E-state index contributed by atoms with van der Waals surface area (Å²) in [4.78, 5) is 47.4. The molecule has 1 aliphatic heterocycles. The molecule has 2 aromatic carbocycles. The molecule has 0 radical (unpaired) electrons. The van der Waals surface area contributed by atoms with Gasteiger partial charge in [0.25, 0.3) is 0 Å². The van der Waals surface area contributed by atoms with E-state index in [4.69, 9.17) is 34.2 Å². The Morgan fingerprint density at radius 1 is 0.757 bits per heavy atom. The van der Waals surface area contributed by atoms with Crippen molar-refractivity contribution in [3.63, 3.8) is 0 Å². The largest absolute Gasteiger partial charge is 0.463 e. The molecule has 0 spiro atoms. The van der Waals surface area contributed by atoms with Crippen LogP contribution in [0.2, 0.25) is 0 Å². The van der Waals surface area contributed by atoms with E-state index in [2.05, 4.69) is 0 Å². The molecule has 37 heavy (non-hydrogen) atoms. The highest BCUT2D eigenvalue weighted by molar-refractivity contribution is 5.72. The van der Waals surface area contributed by atoms with Crippen molar-refractivity contribution in [2.24, 2.45) is 0 Å². The summed E-state index contributed by atoms with van der Waals surface area (Å²) in [5.41, 5.74) is 7.86. The molecule has 0 aromatic heterocycles. The molecule has 1 fully saturated rings. The van der Waals surface area contributed by atoms with Crippen LogP contribution in [-0.2, 0) is 42.9 Å². The smallest absolute Gasteiger partial charge is 0.303 e. The Bertz CT molecular complexity index is 1130. The van der Waals surface area contributed by atoms with Crippen LogP contribution in [0.1, 0.15) is 27.7 Å². The number of para-hydroxylation sites is 1. The van der Waals surface area contributed by atoms with E-state index < -0.39 is 54.6 Å². The van der Waals surface area contributed by atoms with Crippen LogP contribution in [0.5, 0.6) is 5.75 Å². The lowest BCUT2D eigenvalue weighted by atomic mass is 9.98. The summed E-state index contributed by atoms with van der Waals surface area (Å²) in [6, 6.07) is 14.1. The van der Waals surface area contributed by atoms with Crippen LogP contribution in [0.4, 0.5) is 5.69 Å². The predicted octanol–water partition coefficient (Wildman–Crippen LogP) is 2.40. The molecule has 0 aliphatic carbocycles. The number of hydrogen-bond donors (Lipinski definition) is 1. The lowest BCUT2D eigenvalue weighted by Crippen LogP contribution is -2.63. The first-order valence-electron chi connectivity index (χ1n) is 11.5. The first kappa shape index (κ1) is 27.5. The van der Waals surface area contributed by atoms with Gasteiger partial charge in [-0.25, -0.2) is 0 Å². The van der Waals surface area contributed by atoms with Crippen molar-refractivity contribution in [3.8, 4) is 16.9 Å². The van der Waals surface area contributed by atoms with Crippen molar-refractivity contribution >= 4 is 29.6 Å². The van der Waals surface area contributed by atoms with Gasteiger partial charge in [-0.1, -0.05) is 30.3 Å². The van der Waals surface area contributed by atoms with Crippen molar-refractivity contribution in [1.29, 1.82) is 0 Å². The zero-order valence-corrected chi connectivity index (χ0v) is 20.9. The number of nitrogen functional groups attached to an aromatic ring is 1. The number of rotatable bonds is 8. The Morgan fingerprint density at radius 3 is 1.92 bits per heavy atom. The first-order chi connectivity index (χ1) is 17.5. The fourth-order valence-corrected chi connectivity index (χ4v) is 3.88. The monoisotopic (exact) mass is 515 g/mol. The summed E-state index contributed by atoms with van der Waals surface area (Å²) in [5, 5.41) is 0. The minimum atomic E-state index is -1.34. The number of esters is 4. The summed E-state index contributed by atoms with van der Waals surface area (Å²) >= 11 is 0. The first-order valence-corrected chi connectivity index (χ1v) is 11.5. The lowest BCUT2D eigenvalue weighted by Gasteiger charge is -2.44. The van der Waals surface area contributed by atoms with E-state index >= 15 is 0 Å². The molecule has 1 heterocycles. The summed E-state index contributed by atoms with van der Waals surface area (Å²) in [7, 11) is 0. The average Bonchev–Trinajstić information content (AvgIpc) is 2.81. The molecule has 11 heteroatoms. The SMILES string of the molecule is CC(=O)OC[C@H]1O[C@@H](Oc2ccccc2-c2ccc(N)cc2)[C@H](OC(C)=O)[C@@H](OC(C)=O)[C@@H]1OC(C)=O. The number of nitrogens with two attached hydrogens (primary N) is 1. The zero-order chi connectivity index (χ0) is 27.1. The van der Waals surface area contributed by atoms with E-state index in [-0.39, 0.29) is 6.61 Å². The molecule has 1 aliphatic rings. The van der Waals surface area contributed by atoms with Crippen molar-refractivity contribution < 1.29 is 47.6 Å². The van der Waals surface area contributed by atoms with Crippen LogP contribution >= 0.6 is 0 Å². The standard InChI is InChI=1S/C26H29NO10/c1-14(28)32-13-22-23(33-15(2)29)24(34-16(3)30)25(35-17(4)31)26(37-22)36-21-8-6-5-7-20(21)18-9-11-19(27)12-10-18/h5-12,22-26H,13,27H2,1-4H3/t22-,23-,24+,25-,26-/m1/s1. The second-order valence-corrected chi connectivity index (χ2v) is 8.30. The van der Waals surface area contributed by atoms with Crippen LogP contribution < -0.4 is 10.5 Å². The third kappa shape index (κ3) is 7.43. The predicted molar refractivity (Wildman–Crippen MR) is 129 cm³/mol. The molecule has 0 amide bonds. The second kappa shape index (κ2) is 12.2. The van der Waals surface area contributed by atoms with Crippen LogP contribution in [0.15, 0.2) is 48.5 Å². The molecular formula is C26H29NO10. The Balaban J connectivity index is 2.04. The van der Waals surface area contributed by atoms with Crippen molar-refractivity contribution in [1.82, 2.24) is 0 Å². The Morgan fingerprint density at radius 2 is 1.32 bits per heavy atom. The quantitative estimate of drug-likeness (QED) is 0.314. The van der Waals surface area contributed by atoms with Crippen LogP contribution in [0.3, 0.4) is 0 Å². The summed E-state index contributed by atoms with van der Waals surface area (Å²) in [6.07, 6.45) is -6.38. The lowest BCUT2D eigenvalue weighted by molar-refractivity contribution is -0.288. The number of carbonyl (C=O) groups is 4. The summed E-state index contributed by atoms with van der Waals surface area (Å²) < 4.78 is 33.6. The minimum absolute atomic E-state index is 0.350. The number of benzene rings is 2. The highest BCUT2D eigenvalue weighted by atomic mass is 16.7. The van der Waals surface area contributed by atoms with Gasteiger partial charge in [0.15, 0.2) is 12.2 Å². The van der Waals surface area contributed by atoms with Gasteiger partial charge in [0.2, 0.25) is 12.4 Å². The normalized spacial score (nSPS) is 22.9. The molecule has 5 atom stereocenters. The maximum absolute atomic E-state index is 12.0. The maximum Gasteiger partial charge on any atom is 0.303 e. The van der Waals surface area contributed by atoms with Gasteiger partial charge in [-0.2, -0.15) is 0 Å². The maximum atomic E-state index is 12.0. The Kier molecular flexibility index (Phi) is 9.07. The molecule has 0 bridgehead atoms. The number of carbonyl (C=O) groups excluding carboxylic acids is 4.